The third-order valence-corrected chi connectivity index (χ3v) is 5.38. The van der Waals surface area contributed by atoms with Crippen molar-refractivity contribution in [2.75, 3.05) is 0 Å². The van der Waals surface area contributed by atoms with Crippen LogP contribution in [-0.4, -0.2) is 23.5 Å². The molecule has 2 heterocycles. The minimum Gasteiger partial charge on any atom is -0.263 e. The molecule has 0 amide bonds. The van der Waals surface area contributed by atoms with Crippen LogP contribution in [0.5, 0.6) is 0 Å². The molecule has 0 aliphatic carbocycles. The molecule has 158 valence electrons. The second-order valence-electron chi connectivity index (χ2n) is 5.94. The molecule has 3 rings (SSSR count). The fourth-order valence-electron chi connectivity index (χ4n) is 2.60. The molecule has 0 saturated carbocycles. The highest BCUT2D eigenvalue weighted by Crippen LogP contribution is 2.29. The molecule has 0 aliphatic heterocycles. The Kier molecular flexibility index (Phi) is 10.1. The summed E-state index contributed by atoms with van der Waals surface area (Å²) in [4.78, 5) is 20.2. The van der Waals surface area contributed by atoms with Gasteiger partial charge in [-0.25, -0.2) is 16.8 Å². The maximum Gasteiger partial charge on any atom is 0.373 e. The second kappa shape index (κ2) is 12.3. The van der Waals surface area contributed by atoms with Crippen molar-refractivity contribution in [3.05, 3.63) is 85.1 Å². The average Bonchev–Trinajstić information content (AvgIpc) is 3.15. The summed E-state index contributed by atoms with van der Waals surface area (Å²) in [6.45, 7) is 7.26. The molecule has 0 unspecified atom stereocenters. The molecule has 0 spiro atoms. The van der Waals surface area contributed by atoms with E-state index in [2.05, 4.69) is 11.6 Å². The first-order valence-electron chi connectivity index (χ1n) is 9.05. The third kappa shape index (κ3) is 6.34. The van der Waals surface area contributed by atoms with Crippen LogP contribution in [0.1, 0.15) is 25.8 Å². The highest BCUT2D eigenvalue weighted by Gasteiger charge is 2.23. The summed E-state index contributed by atoms with van der Waals surface area (Å²) in [6, 6.07) is 10.9. The molecule has 0 saturated heterocycles. The van der Waals surface area contributed by atoms with Crippen molar-refractivity contribution in [2.24, 2.45) is 0 Å². The van der Waals surface area contributed by atoms with Gasteiger partial charge in [0, 0.05) is 24.2 Å². The predicted molar refractivity (Wildman–Crippen MR) is 112 cm³/mol. The molecular formula is C22H23FN2O4S. The first kappa shape index (κ1) is 24.7. The van der Waals surface area contributed by atoms with Crippen molar-refractivity contribution in [1.29, 1.82) is 0 Å². The maximum atomic E-state index is 14.2. The standard InChI is InChI=1S/C18H17FN2O2S.C3H6.CO2/c1-2-6-14-11-18(16-8-3-4-9-17(16)19)21(13-14)24(22,23)15-7-5-10-20-12-15;1-3-2;2-1-3/h3-5,7-13H,2,6H2,1H3;3H,1H2,2H3;. The van der Waals surface area contributed by atoms with E-state index in [1.807, 2.05) is 13.8 Å². The summed E-state index contributed by atoms with van der Waals surface area (Å²) in [5.74, 6) is -0.457. The Hall–Kier alpha value is -3.35. The average molecular weight is 431 g/mol. The van der Waals surface area contributed by atoms with Gasteiger partial charge in [-0.2, -0.15) is 9.59 Å². The lowest BCUT2D eigenvalue weighted by atomic mass is 10.1. The summed E-state index contributed by atoms with van der Waals surface area (Å²) >= 11 is 0. The number of aryl methyl sites for hydroxylation is 1. The van der Waals surface area contributed by atoms with Gasteiger partial charge in [-0.05, 0) is 49.2 Å². The van der Waals surface area contributed by atoms with E-state index in [4.69, 9.17) is 9.59 Å². The molecular weight excluding hydrogens is 407 g/mol. The van der Waals surface area contributed by atoms with Crippen LogP contribution < -0.4 is 0 Å². The van der Waals surface area contributed by atoms with Gasteiger partial charge >= 0.3 is 6.15 Å². The summed E-state index contributed by atoms with van der Waals surface area (Å²) < 4.78 is 41.3. The lowest BCUT2D eigenvalue weighted by molar-refractivity contribution is -0.191. The Morgan fingerprint density at radius 2 is 1.83 bits per heavy atom. The number of benzene rings is 1. The highest BCUT2D eigenvalue weighted by atomic mass is 32.2. The van der Waals surface area contributed by atoms with E-state index in [0.29, 0.717) is 5.69 Å². The van der Waals surface area contributed by atoms with E-state index in [1.54, 1.807) is 42.6 Å². The van der Waals surface area contributed by atoms with Crippen molar-refractivity contribution in [3.8, 4) is 11.3 Å². The van der Waals surface area contributed by atoms with Crippen LogP contribution in [0.4, 0.5) is 4.39 Å². The summed E-state index contributed by atoms with van der Waals surface area (Å²) in [5.41, 5.74) is 1.43. The van der Waals surface area contributed by atoms with Crippen LogP contribution >= 0.6 is 0 Å². The molecule has 6 nitrogen and oxygen atoms in total. The highest BCUT2D eigenvalue weighted by molar-refractivity contribution is 7.90. The van der Waals surface area contributed by atoms with Crippen molar-refractivity contribution in [2.45, 2.75) is 31.6 Å². The van der Waals surface area contributed by atoms with Gasteiger partial charge in [-0.3, -0.25) is 4.98 Å². The quantitative estimate of drug-likeness (QED) is 0.557. The number of nitrogens with zero attached hydrogens (tertiary/aromatic N) is 2. The number of hydrogen-bond donors (Lipinski definition) is 0. The van der Waals surface area contributed by atoms with E-state index in [9.17, 15) is 12.8 Å². The van der Waals surface area contributed by atoms with E-state index < -0.39 is 15.8 Å². The molecule has 3 aromatic rings. The summed E-state index contributed by atoms with van der Waals surface area (Å²) in [5, 5.41) is 0. The zero-order chi connectivity index (χ0) is 22.6. The van der Waals surface area contributed by atoms with Crippen LogP contribution in [0.2, 0.25) is 0 Å². The summed E-state index contributed by atoms with van der Waals surface area (Å²) in [6.07, 6.45) is 7.95. The van der Waals surface area contributed by atoms with Gasteiger partial charge in [-0.15, -0.1) is 6.58 Å². The first-order chi connectivity index (χ1) is 14.4. The minimum absolute atomic E-state index is 0.0706. The van der Waals surface area contributed by atoms with E-state index in [-0.39, 0.29) is 16.6 Å². The van der Waals surface area contributed by atoms with Crippen molar-refractivity contribution in [3.63, 3.8) is 0 Å². The number of halogens is 1. The Labute approximate surface area is 175 Å². The van der Waals surface area contributed by atoms with Crippen molar-refractivity contribution in [1.82, 2.24) is 8.96 Å². The number of hydrogen-bond acceptors (Lipinski definition) is 5. The second-order valence-corrected chi connectivity index (χ2v) is 7.76. The molecule has 0 N–H and O–H groups in total. The largest absolute Gasteiger partial charge is 0.373 e. The molecule has 2 aromatic heterocycles. The van der Waals surface area contributed by atoms with Gasteiger partial charge in [0.05, 0.1) is 5.69 Å². The molecule has 0 bridgehead atoms. The number of pyridine rings is 1. The minimum atomic E-state index is -3.84. The van der Waals surface area contributed by atoms with Gasteiger partial charge in [0.25, 0.3) is 10.0 Å². The molecule has 30 heavy (non-hydrogen) atoms. The van der Waals surface area contributed by atoms with Crippen LogP contribution in [0.3, 0.4) is 0 Å². The number of rotatable bonds is 5. The monoisotopic (exact) mass is 430 g/mol. The van der Waals surface area contributed by atoms with Crippen molar-refractivity contribution < 1.29 is 22.4 Å². The smallest absolute Gasteiger partial charge is 0.263 e. The molecule has 0 atom stereocenters. The zero-order valence-electron chi connectivity index (χ0n) is 16.8. The maximum absolute atomic E-state index is 14.2. The van der Waals surface area contributed by atoms with Gasteiger partial charge in [0.2, 0.25) is 0 Å². The fraction of sp³-hybridized carbons (Fsp3) is 0.182. The Morgan fingerprint density at radius 1 is 1.20 bits per heavy atom. The van der Waals surface area contributed by atoms with E-state index in [1.165, 1.54) is 24.5 Å². The fourth-order valence-corrected chi connectivity index (χ4v) is 3.96. The third-order valence-electron chi connectivity index (χ3n) is 3.72. The molecule has 1 aromatic carbocycles. The number of allylic oxidation sites excluding steroid dienone is 1. The lowest BCUT2D eigenvalue weighted by Gasteiger charge is -2.10. The normalized spacial score (nSPS) is 9.97. The molecule has 0 radical (unpaired) electrons. The van der Waals surface area contributed by atoms with Crippen LogP contribution in [0, 0.1) is 5.82 Å². The van der Waals surface area contributed by atoms with Crippen molar-refractivity contribution >= 4 is 16.2 Å². The van der Waals surface area contributed by atoms with Gasteiger partial charge in [-0.1, -0.05) is 31.6 Å². The Bertz CT molecular complexity index is 1090. The van der Waals surface area contributed by atoms with Crippen LogP contribution in [0.25, 0.3) is 11.3 Å². The lowest BCUT2D eigenvalue weighted by Crippen LogP contribution is -2.13. The zero-order valence-corrected chi connectivity index (χ0v) is 17.6. The molecule has 0 fully saturated rings. The number of aromatic nitrogens is 2. The van der Waals surface area contributed by atoms with Gasteiger partial charge in [0.15, 0.2) is 0 Å². The first-order valence-corrected chi connectivity index (χ1v) is 10.5. The van der Waals surface area contributed by atoms with E-state index >= 15 is 0 Å². The Balaban J connectivity index is 0.000000672. The predicted octanol–water partition coefficient (Wildman–Crippen LogP) is 4.49. The van der Waals surface area contributed by atoms with E-state index in [0.717, 1.165) is 22.4 Å². The molecule has 8 heteroatoms. The Morgan fingerprint density at radius 3 is 2.37 bits per heavy atom. The van der Waals surface area contributed by atoms with Crippen LogP contribution in [0.15, 0.2) is 78.6 Å². The topological polar surface area (TPSA) is 86.1 Å². The van der Waals surface area contributed by atoms with Crippen LogP contribution in [-0.2, 0) is 26.0 Å². The van der Waals surface area contributed by atoms with Gasteiger partial charge < -0.3 is 0 Å². The number of carbonyl (C=O) groups excluding carboxylic acids is 2. The molecule has 0 aliphatic rings. The van der Waals surface area contributed by atoms with Gasteiger partial charge in [0.1, 0.15) is 10.7 Å². The summed E-state index contributed by atoms with van der Waals surface area (Å²) in [7, 11) is -3.84. The SMILES string of the molecule is C=CC.CCCc1cc(-c2ccccc2F)n(S(=O)(=O)c2cccnc2)c1.O=C=O.